The molecular formula is C21H24FN3O7S. The number of fused-ring (bicyclic) bond motifs is 2. The molecular weight excluding hydrogens is 457 g/mol. The molecule has 0 spiro atoms. The number of amides is 1. The van der Waals surface area contributed by atoms with Crippen LogP contribution in [0.25, 0.3) is 11.4 Å². The molecule has 2 unspecified atom stereocenters. The van der Waals surface area contributed by atoms with Crippen LogP contribution in [-0.4, -0.2) is 73.3 Å². The third-order valence-corrected chi connectivity index (χ3v) is 7.41. The Balaban J connectivity index is 1.24. The Morgan fingerprint density at radius 2 is 2.12 bits per heavy atom. The standard InChI is InChI=1S/C21H24FN3O7S/c1-21(5-6-21)31-20(26)25-8-13-9-29-10-15(25)18(13)30-11-17-23-19(24-32-17)12-3-4-16(14(22)7-12)33(2,27)28/h3-4,7,13,15,18H,5-6,8-11H2,1-2H3/t13?,15?,18-/m0/s1. The number of hydrogen-bond acceptors (Lipinski definition) is 9. The number of carbonyl (C=O) groups excluding carboxylic acids is 1. The van der Waals surface area contributed by atoms with Crippen LogP contribution in [0.5, 0.6) is 0 Å². The van der Waals surface area contributed by atoms with Crippen LogP contribution in [0.4, 0.5) is 9.18 Å². The molecule has 5 rings (SSSR count). The van der Waals surface area contributed by atoms with Crippen LogP contribution in [0.15, 0.2) is 27.6 Å². The first-order valence-electron chi connectivity index (χ1n) is 10.6. The van der Waals surface area contributed by atoms with Gasteiger partial charge in [-0.3, -0.25) is 4.90 Å². The van der Waals surface area contributed by atoms with Gasteiger partial charge in [-0.1, -0.05) is 5.16 Å². The highest BCUT2D eigenvalue weighted by molar-refractivity contribution is 7.90. The van der Waals surface area contributed by atoms with Crippen LogP contribution < -0.4 is 0 Å². The zero-order valence-electron chi connectivity index (χ0n) is 18.2. The van der Waals surface area contributed by atoms with Crippen molar-refractivity contribution in [2.45, 2.75) is 49.0 Å². The van der Waals surface area contributed by atoms with E-state index in [9.17, 15) is 17.6 Å². The minimum atomic E-state index is -3.68. The van der Waals surface area contributed by atoms with Crippen molar-refractivity contribution in [2.75, 3.05) is 26.0 Å². The second-order valence-electron chi connectivity index (χ2n) is 9.04. The Kier molecular flexibility index (Phi) is 5.41. The molecule has 2 saturated heterocycles. The summed E-state index contributed by atoms with van der Waals surface area (Å²) in [4.78, 5) is 18.1. The molecule has 2 bridgehead atoms. The summed E-state index contributed by atoms with van der Waals surface area (Å²) in [6.07, 6.45) is 2.07. The van der Waals surface area contributed by atoms with E-state index in [1.165, 1.54) is 12.1 Å². The molecule has 3 heterocycles. The van der Waals surface area contributed by atoms with Gasteiger partial charge < -0.3 is 18.7 Å². The molecule has 0 radical (unpaired) electrons. The van der Waals surface area contributed by atoms with Gasteiger partial charge in [0.05, 0.1) is 25.4 Å². The maximum absolute atomic E-state index is 14.2. The van der Waals surface area contributed by atoms with Gasteiger partial charge in [-0.2, -0.15) is 4.98 Å². The van der Waals surface area contributed by atoms with Crippen molar-refractivity contribution in [3.63, 3.8) is 0 Å². The summed E-state index contributed by atoms with van der Waals surface area (Å²) in [5.41, 5.74) is -0.0760. The first kappa shape index (κ1) is 22.2. The number of sulfone groups is 1. The molecule has 3 aliphatic rings. The maximum Gasteiger partial charge on any atom is 0.410 e. The Labute approximate surface area is 189 Å². The van der Waals surface area contributed by atoms with Crippen molar-refractivity contribution in [1.29, 1.82) is 0 Å². The summed E-state index contributed by atoms with van der Waals surface area (Å²) < 4.78 is 59.8. The summed E-state index contributed by atoms with van der Waals surface area (Å²) in [7, 11) is -3.68. The number of nitrogens with zero attached hydrogens (tertiary/aromatic N) is 3. The van der Waals surface area contributed by atoms with Gasteiger partial charge in [0.2, 0.25) is 5.82 Å². The zero-order valence-corrected chi connectivity index (χ0v) is 19.0. The van der Waals surface area contributed by atoms with Gasteiger partial charge in [-0.25, -0.2) is 17.6 Å². The van der Waals surface area contributed by atoms with Crippen LogP contribution in [0, 0.1) is 11.7 Å². The average Bonchev–Trinajstić information content (AvgIpc) is 3.20. The number of rotatable bonds is 6. The minimum Gasteiger partial charge on any atom is -0.443 e. The highest BCUT2D eigenvalue weighted by Gasteiger charge is 2.51. The zero-order chi connectivity index (χ0) is 23.4. The van der Waals surface area contributed by atoms with Crippen LogP contribution in [0.1, 0.15) is 25.7 Å². The van der Waals surface area contributed by atoms with Gasteiger partial charge >= 0.3 is 6.09 Å². The van der Waals surface area contributed by atoms with Crippen LogP contribution in [0.3, 0.4) is 0 Å². The highest BCUT2D eigenvalue weighted by Crippen LogP contribution is 2.40. The molecule has 1 saturated carbocycles. The molecule has 3 fully saturated rings. The third-order valence-electron chi connectivity index (χ3n) is 6.28. The number of likely N-dealkylation sites (tertiary alicyclic amines) is 1. The molecule has 1 aliphatic carbocycles. The molecule has 1 aromatic heterocycles. The maximum atomic E-state index is 14.2. The summed E-state index contributed by atoms with van der Waals surface area (Å²) in [5.74, 6) is -0.583. The number of carbonyl (C=O) groups is 1. The van der Waals surface area contributed by atoms with Crippen molar-refractivity contribution < 1.29 is 36.3 Å². The first-order chi connectivity index (χ1) is 15.6. The third kappa shape index (κ3) is 4.46. The van der Waals surface area contributed by atoms with Crippen molar-refractivity contribution in [3.8, 4) is 11.4 Å². The molecule has 10 nitrogen and oxygen atoms in total. The van der Waals surface area contributed by atoms with Gasteiger partial charge in [-0.15, -0.1) is 0 Å². The molecule has 2 aromatic rings. The Bertz CT molecular complexity index is 1180. The second kappa shape index (κ2) is 8.03. The topological polar surface area (TPSA) is 121 Å². The van der Waals surface area contributed by atoms with Gasteiger partial charge in [0.15, 0.2) is 9.84 Å². The highest BCUT2D eigenvalue weighted by atomic mass is 32.2. The monoisotopic (exact) mass is 481 g/mol. The van der Waals surface area contributed by atoms with Crippen molar-refractivity contribution >= 4 is 15.9 Å². The first-order valence-corrected chi connectivity index (χ1v) is 12.5. The Morgan fingerprint density at radius 1 is 1.33 bits per heavy atom. The summed E-state index contributed by atoms with van der Waals surface area (Å²) in [6, 6.07) is 3.37. The van der Waals surface area contributed by atoms with E-state index < -0.39 is 20.5 Å². The van der Waals surface area contributed by atoms with E-state index in [0.717, 1.165) is 25.2 Å². The van der Waals surface area contributed by atoms with Gasteiger partial charge in [0.1, 0.15) is 22.9 Å². The number of halogens is 1. The van der Waals surface area contributed by atoms with Crippen molar-refractivity contribution in [3.05, 3.63) is 29.9 Å². The fourth-order valence-corrected chi connectivity index (χ4v) is 4.93. The van der Waals surface area contributed by atoms with E-state index in [0.29, 0.717) is 19.8 Å². The van der Waals surface area contributed by atoms with Gasteiger partial charge in [0, 0.05) is 24.3 Å². The van der Waals surface area contributed by atoms with E-state index >= 15 is 0 Å². The van der Waals surface area contributed by atoms with Crippen LogP contribution in [0.2, 0.25) is 0 Å². The van der Waals surface area contributed by atoms with Crippen LogP contribution in [-0.2, 0) is 30.7 Å². The van der Waals surface area contributed by atoms with E-state index in [1.807, 2.05) is 6.92 Å². The van der Waals surface area contributed by atoms with E-state index in [1.54, 1.807) is 4.90 Å². The Morgan fingerprint density at radius 3 is 2.82 bits per heavy atom. The molecule has 1 amide bonds. The largest absolute Gasteiger partial charge is 0.443 e. The lowest BCUT2D eigenvalue weighted by atomic mass is 10.0. The number of hydrogen-bond donors (Lipinski definition) is 0. The van der Waals surface area contributed by atoms with Gasteiger partial charge in [-0.05, 0) is 38.0 Å². The van der Waals surface area contributed by atoms with E-state index in [4.69, 9.17) is 18.7 Å². The fraction of sp³-hybridized carbons (Fsp3) is 0.571. The summed E-state index contributed by atoms with van der Waals surface area (Å²) in [5, 5.41) is 3.84. The number of ether oxygens (including phenoxy) is 3. The van der Waals surface area contributed by atoms with Crippen molar-refractivity contribution in [2.24, 2.45) is 5.92 Å². The quantitative estimate of drug-likeness (QED) is 0.611. The summed E-state index contributed by atoms with van der Waals surface area (Å²) in [6.45, 7) is 3.25. The van der Waals surface area contributed by atoms with Gasteiger partial charge in [0.25, 0.3) is 5.89 Å². The minimum absolute atomic E-state index is 0.00309. The fourth-order valence-electron chi connectivity index (χ4n) is 4.20. The lowest BCUT2D eigenvalue weighted by Gasteiger charge is -2.31. The smallest absolute Gasteiger partial charge is 0.410 e. The molecule has 3 atom stereocenters. The van der Waals surface area contributed by atoms with E-state index in [-0.39, 0.29) is 53.6 Å². The second-order valence-corrected chi connectivity index (χ2v) is 11.0. The molecule has 178 valence electrons. The molecule has 1 aromatic carbocycles. The SMILES string of the molecule is CC1(OC(=O)N2CC3COCC2[C@H]3OCc2nc(-c3ccc(S(C)(=O)=O)c(F)c3)no2)CC1. The molecule has 2 aliphatic heterocycles. The molecule has 0 N–H and O–H groups in total. The molecule has 33 heavy (non-hydrogen) atoms. The Hall–Kier alpha value is -2.57. The number of benzene rings is 1. The predicted molar refractivity (Wildman–Crippen MR) is 110 cm³/mol. The normalized spacial score (nSPS) is 25.8. The number of aromatic nitrogens is 2. The predicted octanol–water partition coefficient (Wildman–Crippen LogP) is 2.18. The van der Waals surface area contributed by atoms with E-state index in [2.05, 4.69) is 10.1 Å². The molecule has 12 heteroatoms. The lowest BCUT2D eigenvalue weighted by molar-refractivity contribution is -0.0834. The van der Waals surface area contributed by atoms with Crippen molar-refractivity contribution in [1.82, 2.24) is 15.0 Å². The summed E-state index contributed by atoms with van der Waals surface area (Å²) >= 11 is 0. The lowest BCUT2D eigenvalue weighted by Crippen LogP contribution is -2.46. The van der Waals surface area contributed by atoms with Crippen LogP contribution >= 0.6 is 0 Å². The average molecular weight is 482 g/mol.